The normalized spacial score (nSPS) is 10.7. The molecule has 0 aliphatic carbocycles. The summed E-state index contributed by atoms with van der Waals surface area (Å²) in [5.74, 6) is 0.398. The number of anilines is 1. The third kappa shape index (κ3) is 3.71. The van der Waals surface area contributed by atoms with Gasteiger partial charge < -0.3 is 5.32 Å². The van der Waals surface area contributed by atoms with Gasteiger partial charge in [-0.3, -0.25) is 19.1 Å². The van der Waals surface area contributed by atoms with Crippen LogP contribution >= 0.6 is 0 Å². The lowest BCUT2D eigenvalue weighted by Gasteiger charge is -2.05. The number of rotatable bonds is 5. The zero-order valence-electron chi connectivity index (χ0n) is 14.5. The molecule has 0 atom stereocenters. The first-order valence-corrected chi connectivity index (χ1v) is 8.22. The minimum atomic E-state index is -0.201. The van der Waals surface area contributed by atoms with E-state index in [1.54, 1.807) is 53.5 Å². The lowest BCUT2D eigenvalue weighted by atomic mass is 10.2. The Labute approximate surface area is 154 Å². The highest BCUT2D eigenvalue weighted by atomic mass is 16.2. The van der Waals surface area contributed by atoms with Crippen LogP contribution in [0.4, 0.5) is 5.82 Å². The molecule has 0 aromatic carbocycles. The second kappa shape index (κ2) is 7.16. The summed E-state index contributed by atoms with van der Waals surface area (Å²) in [5.41, 5.74) is 3.20. The fourth-order valence-corrected chi connectivity index (χ4v) is 2.61. The molecule has 0 saturated heterocycles. The van der Waals surface area contributed by atoms with Crippen LogP contribution in [0.3, 0.4) is 0 Å². The Hall–Kier alpha value is -3.88. The van der Waals surface area contributed by atoms with Gasteiger partial charge in [-0.05, 0) is 18.2 Å². The van der Waals surface area contributed by atoms with Crippen molar-refractivity contribution >= 4 is 11.7 Å². The number of hydrogen-bond donors (Lipinski definition) is 1. The maximum atomic E-state index is 12.4. The molecule has 0 aliphatic rings. The van der Waals surface area contributed by atoms with E-state index in [4.69, 9.17) is 0 Å². The fraction of sp³-hybridized carbons (Fsp3) is 0.111. The first-order chi connectivity index (χ1) is 13.2. The molecule has 0 bridgehead atoms. The average molecular weight is 360 g/mol. The minimum Gasteiger partial charge on any atom is -0.309 e. The number of nitrogens with zero attached hydrogens (tertiary/aromatic N) is 7. The smallest absolute Gasteiger partial charge is 0.247 e. The molecule has 0 aliphatic heterocycles. The van der Waals surface area contributed by atoms with E-state index in [1.165, 1.54) is 6.33 Å². The standard InChI is InChI=1S/C18H16N8O/c1-25-17(7-16(24-25)13-3-2-5-19-8-13)23-18(27)11-26-10-14(9-22-26)15-4-6-20-12-21-15/h2-10,12H,11H2,1H3,(H,23,27). The van der Waals surface area contributed by atoms with Gasteiger partial charge >= 0.3 is 0 Å². The van der Waals surface area contributed by atoms with Crippen molar-refractivity contribution in [3.05, 3.63) is 61.6 Å². The molecule has 0 radical (unpaired) electrons. The van der Waals surface area contributed by atoms with Crippen LogP contribution in [0, 0.1) is 0 Å². The predicted octanol–water partition coefficient (Wildman–Crippen LogP) is 1.77. The van der Waals surface area contributed by atoms with Crippen LogP contribution in [0.5, 0.6) is 0 Å². The van der Waals surface area contributed by atoms with Gasteiger partial charge in [0.15, 0.2) is 0 Å². The molecular weight excluding hydrogens is 344 g/mol. The molecule has 27 heavy (non-hydrogen) atoms. The van der Waals surface area contributed by atoms with Crippen LogP contribution < -0.4 is 5.32 Å². The minimum absolute atomic E-state index is 0.0818. The number of aromatic nitrogens is 7. The molecule has 4 rings (SSSR count). The van der Waals surface area contributed by atoms with Crippen molar-refractivity contribution in [1.29, 1.82) is 0 Å². The second-order valence-corrected chi connectivity index (χ2v) is 5.85. The topological polar surface area (TPSA) is 103 Å². The Morgan fingerprint density at radius 1 is 1.11 bits per heavy atom. The predicted molar refractivity (Wildman–Crippen MR) is 98.3 cm³/mol. The molecule has 9 heteroatoms. The SMILES string of the molecule is Cn1nc(-c2cccnc2)cc1NC(=O)Cn1cc(-c2ccncn2)cn1. The van der Waals surface area contributed by atoms with Crippen molar-refractivity contribution in [2.45, 2.75) is 6.54 Å². The Morgan fingerprint density at radius 2 is 2.04 bits per heavy atom. The fourth-order valence-electron chi connectivity index (χ4n) is 2.61. The quantitative estimate of drug-likeness (QED) is 0.582. The van der Waals surface area contributed by atoms with Crippen molar-refractivity contribution in [2.75, 3.05) is 5.32 Å². The molecule has 0 fully saturated rings. The van der Waals surface area contributed by atoms with Crippen molar-refractivity contribution in [1.82, 2.24) is 34.5 Å². The Morgan fingerprint density at radius 3 is 2.81 bits per heavy atom. The zero-order valence-corrected chi connectivity index (χ0v) is 14.5. The second-order valence-electron chi connectivity index (χ2n) is 5.85. The van der Waals surface area contributed by atoms with Gasteiger partial charge in [0.1, 0.15) is 18.7 Å². The number of carbonyl (C=O) groups excluding carboxylic acids is 1. The van der Waals surface area contributed by atoms with Crippen molar-refractivity contribution in [2.24, 2.45) is 7.05 Å². The summed E-state index contributed by atoms with van der Waals surface area (Å²) in [6.07, 6.45) is 10.0. The molecular formula is C18H16N8O. The monoisotopic (exact) mass is 360 g/mol. The maximum absolute atomic E-state index is 12.4. The largest absolute Gasteiger partial charge is 0.309 e. The number of amides is 1. The van der Waals surface area contributed by atoms with Gasteiger partial charge in [0.2, 0.25) is 5.91 Å². The molecule has 4 heterocycles. The van der Waals surface area contributed by atoms with Gasteiger partial charge in [-0.25, -0.2) is 9.97 Å². The molecule has 0 unspecified atom stereocenters. The Bertz CT molecular complexity index is 1060. The lowest BCUT2D eigenvalue weighted by molar-refractivity contribution is -0.116. The van der Waals surface area contributed by atoms with Crippen molar-refractivity contribution in [3.8, 4) is 22.5 Å². The van der Waals surface area contributed by atoms with Crippen LogP contribution in [0.2, 0.25) is 0 Å². The van der Waals surface area contributed by atoms with E-state index in [0.29, 0.717) is 5.82 Å². The van der Waals surface area contributed by atoms with Crippen LogP contribution in [0.25, 0.3) is 22.5 Å². The Kier molecular flexibility index (Phi) is 4.40. The van der Waals surface area contributed by atoms with Gasteiger partial charge in [0.05, 0.1) is 17.6 Å². The molecule has 0 spiro atoms. The van der Waals surface area contributed by atoms with Gasteiger partial charge in [-0.15, -0.1) is 0 Å². The summed E-state index contributed by atoms with van der Waals surface area (Å²) in [6, 6.07) is 7.36. The van der Waals surface area contributed by atoms with E-state index in [1.807, 2.05) is 18.2 Å². The molecule has 1 amide bonds. The van der Waals surface area contributed by atoms with Gasteiger partial charge in [-0.1, -0.05) is 0 Å². The van der Waals surface area contributed by atoms with E-state index >= 15 is 0 Å². The van der Waals surface area contributed by atoms with E-state index < -0.39 is 0 Å². The summed E-state index contributed by atoms with van der Waals surface area (Å²) in [6.45, 7) is 0.0818. The number of carbonyl (C=O) groups is 1. The van der Waals surface area contributed by atoms with Gasteiger partial charge in [0.25, 0.3) is 0 Å². The third-order valence-electron chi connectivity index (χ3n) is 3.92. The summed E-state index contributed by atoms with van der Waals surface area (Å²) >= 11 is 0. The molecule has 9 nitrogen and oxygen atoms in total. The Balaban J connectivity index is 1.44. The summed E-state index contributed by atoms with van der Waals surface area (Å²) in [5, 5.41) is 11.5. The highest BCUT2D eigenvalue weighted by Crippen LogP contribution is 2.20. The number of hydrogen-bond acceptors (Lipinski definition) is 6. The van der Waals surface area contributed by atoms with E-state index in [2.05, 4.69) is 30.5 Å². The van der Waals surface area contributed by atoms with Crippen molar-refractivity contribution < 1.29 is 4.79 Å². The summed E-state index contributed by atoms with van der Waals surface area (Å²) in [7, 11) is 1.77. The zero-order chi connectivity index (χ0) is 18.6. The van der Waals surface area contributed by atoms with Gasteiger partial charge in [-0.2, -0.15) is 10.2 Å². The molecule has 134 valence electrons. The first-order valence-electron chi connectivity index (χ1n) is 8.22. The van der Waals surface area contributed by atoms with Crippen LogP contribution in [0.1, 0.15) is 0 Å². The molecule has 0 saturated carbocycles. The number of pyridine rings is 1. The van der Waals surface area contributed by atoms with E-state index in [9.17, 15) is 4.79 Å². The maximum Gasteiger partial charge on any atom is 0.247 e. The highest BCUT2D eigenvalue weighted by Gasteiger charge is 2.12. The van der Waals surface area contributed by atoms with Gasteiger partial charge in [0, 0.05) is 49.0 Å². The first kappa shape index (κ1) is 16.6. The van der Waals surface area contributed by atoms with Crippen LogP contribution in [-0.2, 0) is 18.4 Å². The highest BCUT2D eigenvalue weighted by molar-refractivity contribution is 5.90. The van der Waals surface area contributed by atoms with Crippen molar-refractivity contribution in [3.63, 3.8) is 0 Å². The van der Waals surface area contributed by atoms with Crippen LogP contribution in [-0.4, -0.2) is 40.4 Å². The summed E-state index contributed by atoms with van der Waals surface area (Å²) in [4.78, 5) is 24.5. The molecule has 4 aromatic heterocycles. The molecule has 4 aromatic rings. The summed E-state index contributed by atoms with van der Waals surface area (Å²) < 4.78 is 3.18. The number of nitrogens with one attached hydrogen (secondary N) is 1. The number of aryl methyl sites for hydroxylation is 1. The average Bonchev–Trinajstić information content (AvgIpc) is 3.30. The van der Waals surface area contributed by atoms with Crippen LogP contribution in [0.15, 0.2) is 61.6 Å². The third-order valence-corrected chi connectivity index (χ3v) is 3.92. The molecule has 1 N–H and O–H groups in total. The van der Waals surface area contributed by atoms with E-state index in [-0.39, 0.29) is 12.5 Å². The van der Waals surface area contributed by atoms with E-state index in [0.717, 1.165) is 22.5 Å². The lowest BCUT2D eigenvalue weighted by Crippen LogP contribution is -2.20.